The van der Waals surface area contributed by atoms with E-state index in [1.54, 1.807) is 11.1 Å². The number of rotatable bonds is 4. The summed E-state index contributed by atoms with van der Waals surface area (Å²) < 4.78 is 0. The third-order valence-electron chi connectivity index (χ3n) is 12.7. The van der Waals surface area contributed by atoms with Gasteiger partial charge in [-0.1, -0.05) is 133 Å². The van der Waals surface area contributed by atoms with Crippen LogP contribution in [0.15, 0.2) is 140 Å². The molecule has 1 heterocycles. The van der Waals surface area contributed by atoms with Crippen LogP contribution >= 0.6 is 0 Å². The van der Waals surface area contributed by atoms with Crippen molar-refractivity contribution < 1.29 is 0 Å². The first kappa shape index (κ1) is 28.4. The van der Waals surface area contributed by atoms with Gasteiger partial charge in [0.15, 0.2) is 17.5 Å². The molecule has 12 rings (SSSR count). The number of aromatic nitrogens is 3. The number of hydrogen-bond donors (Lipinski definition) is 0. The Kier molecular flexibility index (Phi) is 6.14. The molecule has 4 bridgehead atoms. The van der Waals surface area contributed by atoms with Crippen LogP contribution in [-0.2, 0) is 5.41 Å². The van der Waals surface area contributed by atoms with Crippen LogP contribution in [0.25, 0.3) is 67.2 Å². The maximum atomic E-state index is 5.20. The van der Waals surface area contributed by atoms with Crippen molar-refractivity contribution in [1.29, 1.82) is 0 Å². The lowest BCUT2D eigenvalue weighted by atomic mass is 9.43. The first-order valence-corrected chi connectivity index (χ1v) is 18.4. The van der Waals surface area contributed by atoms with Gasteiger partial charge in [-0.2, -0.15) is 0 Å². The van der Waals surface area contributed by atoms with Crippen molar-refractivity contribution in [1.82, 2.24) is 15.0 Å². The zero-order valence-corrected chi connectivity index (χ0v) is 28.0. The van der Waals surface area contributed by atoms with Gasteiger partial charge >= 0.3 is 0 Å². The van der Waals surface area contributed by atoms with E-state index in [-0.39, 0.29) is 5.41 Å². The standard InChI is InChI=1S/C47H37N3/c1-3-9-31(10-4-1)32-15-18-35(19-16-32)45-48-44(34-11-5-2-6-12-34)49-46(50-45)36-20-17-33-21-22-40-39-13-7-8-14-42(39)47(43(40)41(33)28-36)37-24-29-23-30(26-37)27-38(47)25-29/h1-22,28-30,37-38H,23-27H2. The predicted molar refractivity (Wildman–Crippen MR) is 202 cm³/mol. The van der Waals surface area contributed by atoms with E-state index >= 15 is 0 Å². The molecule has 50 heavy (non-hydrogen) atoms. The summed E-state index contributed by atoms with van der Waals surface area (Å²) in [5, 5.41) is 2.68. The SMILES string of the molecule is c1ccc(-c2ccc(-c3nc(-c4ccccc4)nc(-c4ccc5ccc6c(c5c4)C4(c5ccccc5-6)C5CC6CC(C5)CC4C6)n3)cc2)cc1. The molecular weight excluding hydrogens is 607 g/mol. The molecule has 4 fully saturated rings. The van der Waals surface area contributed by atoms with Gasteiger partial charge in [-0.3, -0.25) is 0 Å². The molecule has 7 aromatic rings. The number of nitrogens with zero attached hydrogens (tertiary/aromatic N) is 3. The molecule has 0 N–H and O–H groups in total. The fourth-order valence-corrected chi connectivity index (χ4v) is 10.9. The summed E-state index contributed by atoms with van der Waals surface area (Å²) in [4.78, 5) is 15.4. The normalized spacial score (nSPS) is 24.1. The van der Waals surface area contributed by atoms with Gasteiger partial charge in [0.25, 0.3) is 0 Å². The van der Waals surface area contributed by atoms with Gasteiger partial charge in [0, 0.05) is 22.1 Å². The molecule has 0 saturated heterocycles. The van der Waals surface area contributed by atoms with Crippen LogP contribution in [0.5, 0.6) is 0 Å². The molecule has 3 heteroatoms. The smallest absolute Gasteiger partial charge is 0.164 e. The van der Waals surface area contributed by atoms with Crippen molar-refractivity contribution in [2.75, 3.05) is 0 Å². The molecular formula is C47H37N3. The van der Waals surface area contributed by atoms with E-state index in [0.29, 0.717) is 23.5 Å². The first-order chi connectivity index (χ1) is 24.7. The monoisotopic (exact) mass is 643 g/mol. The fourth-order valence-electron chi connectivity index (χ4n) is 10.9. The highest BCUT2D eigenvalue weighted by Crippen LogP contribution is 2.70. The second-order valence-corrected chi connectivity index (χ2v) is 15.3. The topological polar surface area (TPSA) is 38.7 Å². The van der Waals surface area contributed by atoms with Crippen molar-refractivity contribution in [3.8, 4) is 56.4 Å². The molecule has 4 saturated carbocycles. The molecule has 6 aromatic carbocycles. The van der Waals surface area contributed by atoms with Crippen molar-refractivity contribution in [3.63, 3.8) is 0 Å². The van der Waals surface area contributed by atoms with E-state index in [1.165, 1.54) is 65.1 Å². The van der Waals surface area contributed by atoms with E-state index in [9.17, 15) is 0 Å². The van der Waals surface area contributed by atoms with Crippen LogP contribution in [0.3, 0.4) is 0 Å². The number of fused-ring (bicyclic) bond motifs is 5. The van der Waals surface area contributed by atoms with Crippen LogP contribution < -0.4 is 0 Å². The molecule has 0 radical (unpaired) electrons. The Morgan fingerprint density at radius 1 is 0.420 bits per heavy atom. The van der Waals surface area contributed by atoms with Gasteiger partial charge in [-0.25, -0.2) is 15.0 Å². The van der Waals surface area contributed by atoms with Crippen molar-refractivity contribution in [3.05, 3.63) is 151 Å². The lowest BCUT2D eigenvalue weighted by Crippen LogP contribution is -2.55. The Morgan fingerprint density at radius 2 is 0.920 bits per heavy atom. The Labute approximate surface area is 293 Å². The van der Waals surface area contributed by atoms with Crippen molar-refractivity contribution in [2.45, 2.75) is 37.5 Å². The molecule has 0 unspecified atom stereocenters. The molecule has 1 spiro atoms. The molecule has 1 aromatic heterocycles. The van der Waals surface area contributed by atoms with E-state index in [2.05, 4.69) is 133 Å². The highest BCUT2D eigenvalue weighted by atomic mass is 15.0. The van der Waals surface area contributed by atoms with Gasteiger partial charge in [0.2, 0.25) is 0 Å². The molecule has 0 amide bonds. The fraction of sp³-hybridized carbons (Fsp3) is 0.213. The maximum absolute atomic E-state index is 5.20. The van der Waals surface area contributed by atoms with Gasteiger partial charge in [-0.05, 0) is 106 Å². The van der Waals surface area contributed by atoms with Crippen molar-refractivity contribution in [2.24, 2.45) is 23.7 Å². The van der Waals surface area contributed by atoms with Gasteiger partial charge in [-0.15, -0.1) is 0 Å². The molecule has 0 atom stereocenters. The summed E-state index contributed by atoms with van der Waals surface area (Å²) in [7, 11) is 0. The zero-order chi connectivity index (χ0) is 32.8. The average molecular weight is 644 g/mol. The highest BCUT2D eigenvalue weighted by Gasteiger charge is 2.61. The van der Waals surface area contributed by atoms with Crippen LogP contribution in [0.2, 0.25) is 0 Å². The second kappa shape index (κ2) is 10.8. The zero-order valence-electron chi connectivity index (χ0n) is 28.0. The Balaban J connectivity index is 1.10. The number of hydrogen-bond acceptors (Lipinski definition) is 3. The summed E-state index contributed by atoms with van der Waals surface area (Å²) in [6.07, 6.45) is 6.94. The van der Waals surface area contributed by atoms with E-state index < -0.39 is 0 Å². The summed E-state index contributed by atoms with van der Waals surface area (Å²) in [5.74, 6) is 5.34. The summed E-state index contributed by atoms with van der Waals surface area (Å²) in [5.41, 5.74) is 11.6. The first-order valence-electron chi connectivity index (χ1n) is 18.4. The van der Waals surface area contributed by atoms with E-state index in [0.717, 1.165) is 34.4 Å². The molecule has 3 nitrogen and oxygen atoms in total. The minimum atomic E-state index is 0.0947. The molecule has 5 aliphatic carbocycles. The molecule has 0 aliphatic heterocycles. The Bertz CT molecular complexity index is 2400. The summed E-state index contributed by atoms with van der Waals surface area (Å²) in [6.45, 7) is 0. The average Bonchev–Trinajstić information content (AvgIpc) is 3.48. The van der Waals surface area contributed by atoms with Crippen LogP contribution in [0, 0.1) is 23.7 Å². The number of benzene rings is 6. The molecule has 240 valence electrons. The molecule has 5 aliphatic rings. The summed E-state index contributed by atoms with van der Waals surface area (Å²) in [6, 6.07) is 50.5. The predicted octanol–water partition coefficient (Wildman–Crippen LogP) is 11.4. The van der Waals surface area contributed by atoms with Crippen molar-refractivity contribution >= 4 is 10.8 Å². The quantitative estimate of drug-likeness (QED) is 0.192. The largest absolute Gasteiger partial charge is 0.208 e. The minimum Gasteiger partial charge on any atom is -0.208 e. The van der Waals surface area contributed by atoms with Crippen LogP contribution in [-0.4, -0.2) is 15.0 Å². The van der Waals surface area contributed by atoms with Crippen LogP contribution in [0.1, 0.15) is 43.2 Å². The third-order valence-corrected chi connectivity index (χ3v) is 12.7. The van der Waals surface area contributed by atoms with Gasteiger partial charge in [0.05, 0.1) is 0 Å². The van der Waals surface area contributed by atoms with E-state index in [4.69, 9.17) is 15.0 Å². The summed E-state index contributed by atoms with van der Waals surface area (Å²) >= 11 is 0. The van der Waals surface area contributed by atoms with Gasteiger partial charge in [0.1, 0.15) is 0 Å². The van der Waals surface area contributed by atoms with Gasteiger partial charge < -0.3 is 0 Å². The van der Waals surface area contributed by atoms with Crippen LogP contribution in [0.4, 0.5) is 0 Å². The lowest BCUT2D eigenvalue weighted by Gasteiger charge is -2.61. The minimum absolute atomic E-state index is 0.0947. The third kappa shape index (κ3) is 4.13. The Morgan fingerprint density at radius 3 is 1.60 bits per heavy atom. The maximum Gasteiger partial charge on any atom is 0.164 e. The van der Waals surface area contributed by atoms with E-state index in [1.807, 2.05) is 6.07 Å². The lowest BCUT2D eigenvalue weighted by molar-refractivity contribution is -0.0393. The highest BCUT2D eigenvalue weighted by molar-refractivity contribution is 5.99. The Hall–Kier alpha value is -5.41. The second-order valence-electron chi connectivity index (χ2n) is 15.3.